The first kappa shape index (κ1) is 30.9. The lowest BCUT2D eigenvalue weighted by atomic mass is 9.91. The van der Waals surface area contributed by atoms with Gasteiger partial charge in [-0.15, -0.1) is 0 Å². The van der Waals surface area contributed by atoms with Crippen LogP contribution in [0.4, 0.5) is 4.79 Å². The molecule has 2 atom stereocenters. The topological polar surface area (TPSA) is 114 Å². The fraction of sp³-hybridized carbons (Fsp3) is 0.630. The molecule has 0 saturated heterocycles. The number of rotatable bonds is 11. The van der Waals surface area contributed by atoms with Gasteiger partial charge in [0.25, 0.3) is 0 Å². The molecule has 2 N–H and O–H groups in total. The second-order valence-electron chi connectivity index (χ2n) is 10.8. The Kier molecular flexibility index (Phi) is 11.4. The molecule has 0 bridgehead atoms. The molecule has 0 aliphatic carbocycles. The molecular formula is C27H43N3O6. The number of ether oxygens (including phenoxy) is 2. The zero-order chi connectivity index (χ0) is 27.7. The van der Waals surface area contributed by atoms with E-state index in [-0.39, 0.29) is 12.5 Å². The average Bonchev–Trinajstić information content (AvgIpc) is 2.78. The first-order chi connectivity index (χ1) is 16.6. The standard InChI is InChI=1S/C27H43N3O6/c1-10-27(7,8)30(24(33)20(16-18(2)3)29-25(34)36-26(4,5)6)22(19-14-12-11-13-15-19)23(32)28-17-21(31)35-9/h11-15,18,20,22H,10,16-17H2,1-9H3,(H,28,32)(H,29,34). The molecule has 9 nitrogen and oxygen atoms in total. The smallest absolute Gasteiger partial charge is 0.408 e. The van der Waals surface area contributed by atoms with Crippen LogP contribution in [0.1, 0.15) is 79.8 Å². The summed E-state index contributed by atoms with van der Waals surface area (Å²) in [7, 11) is 1.23. The van der Waals surface area contributed by atoms with Gasteiger partial charge in [0.05, 0.1) is 7.11 Å². The van der Waals surface area contributed by atoms with E-state index in [1.165, 1.54) is 12.0 Å². The van der Waals surface area contributed by atoms with E-state index in [9.17, 15) is 19.2 Å². The summed E-state index contributed by atoms with van der Waals surface area (Å²) in [6.07, 6.45) is 0.175. The van der Waals surface area contributed by atoms with Gasteiger partial charge < -0.3 is 25.0 Å². The second-order valence-corrected chi connectivity index (χ2v) is 10.8. The maximum Gasteiger partial charge on any atom is 0.408 e. The molecule has 3 amide bonds. The molecule has 1 aromatic carbocycles. The third kappa shape index (κ3) is 9.51. The molecular weight excluding hydrogens is 462 g/mol. The van der Waals surface area contributed by atoms with Crippen LogP contribution in [0.15, 0.2) is 30.3 Å². The van der Waals surface area contributed by atoms with Gasteiger partial charge in [-0.05, 0) is 58.9 Å². The molecule has 0 aliphatic heterocycles. The molecule has 0 heterocycles. The van der Waals surface area contributed by atoms with Crippen molar-refractivity contribution in [3.05, 3.63) is 35.9 Å². The third-order valence-corrected chi connectivity index (χ3v) is 5.71. The minimum absolute atomic E-state index is 0.0730. The number of nitrogens with one attached hydrogen (secondary N) is 2. The summed E-state index contributed by atoms with van der Waals surface area (Å²) < 4.78 is 10.1. The van der Waals surface area contributed by atoms with Crippen LogP contribution in [0.25, 0.3) is 0 Å². The number of alkyl carbamates (subject to hydrolysis) is 1. The van der Waals surface area contributed by atoms with Crippen LogP contribution in [-0.4, -0.2) is 59.6 Å². The van der Waals surface area contributed by atoms with E-state index in [1.807, 2.05) is 40.7 Å². The van der Waals surface area contributed by atoms with Gasteiger partial charge in [0.1, 0.15) is 24.2 Å². The number of nitrogens with zero attached hydrogens (tertiary/aromatic N) is 1. The van der Waals surface area contributed by atoms with Crippen molar-refractivity contribution in [2.24, 2.45) is 5.92 Å². The molecule has 36 heavy (non-hydrogen) atoms. The van der Waals surface area contributed by atoms with Gasteiger partial charge in [-0.25, -0.2) is 4.79 Å². The highest BCUT2D eigenvalue weighted by Gasteiger charge is 2.43. The third-order valence-electron chi connectivity index (χ3n) is 5.71. The van der Waals surface area contributed by atoms with Gasteiger partial charge in [0.15, 0.2) is 0 Å². The van der Waals surface area contributed by atoms with Crippen LogP contribution in [0, 0.1) is 5.92 Å². The maximum atomic E-state index is 14.2. The van der Waals surface area contributed by atoms with Gasteiger partial charge >= 0.3 is 12.1 Å². The first-order valence-electron chi connectivity index (χ1n) is 12.3. The molecule has 0 saturated carbocycles. The van der Waals surface area contributed by atoms with Crippen LogP contribution < -0.4 is 10.6 Å². The highest BCUT2D eigenvalue weighted by Crippen LogP contribution is 2.32. The quantitative estimate of drug-likeness (QED) is 0.440. The molecule has 0 radical (unpaired) electrons. The largest absolute Gasteiger partial charge is 0.468 e. The van der Waals surface area contributed by atoms with Crippen molar-refractivity contribution in [1.29, 1.82) is 0 Å². The molecule has 2 unspecified atom stereocenters. The number of benzene rings is 1. The van der Waals surface area contributed by atoms with Crippen LogP contribution >= 0.6 is 0 Å². The highest BCUT2D eigenvalue weighted by atomic mass is 16.6. The molecule has 0 fully saturated rings. The number of carbonyl (C=O) groups excluding carboxylic acids is 4. The van der Waals surface area contributed by atoms with E-state index >= 15 is 0 Å². The van der Waals surface area contributed by atoms with E-state index < -0.39 is 47.1 Å². The Hall–Kier alpha value is -3.10. The van der Waals surface area contributed by atoms with E-state index in [0.717, 1.165) is 0 Å². The lowest BCUT2D eigenvalue weighted by Crippen LogP contribution is -2.59. The normalized spacial score (nSPS) is 13.4. The van der Waals surface area contributed by atoms with E-state index in [1.54, 1.807) is 45.0 Å². The molecule has 1 rings (SSSR count). The number of carbonyl (C=O) groups is 4. The Bertz CT molecular complexity index is 893. The minimum atomic E-state index is -1.05. The van der Waals surface area contributed by atoms with Gasteiger partial charge in [-0.1, -0.05) is 51.1 Å². The highest BCUT2D eigenvalue weighted by molar-refractivity contribution is 5.93. The molecule has 0 aromatic heterocycles. The van der Waals surface area contributed by atoms with Crippen LogP contribution in [0.5, 0.6) is 0 Å². The van der Waals surface area contributed by atoms with Crippen molar-refractivity contribution in [3.63, 3.8) is 0 Å². The van der Waals surface area contributed by atoms with Crippen molar-refractivity contribution in [2.45, 2.75) is 91.5 Å². The van der Waals surface area contributed by atoms with E-state index in [0.29, 0.717) is 18.4 Å². The van der Waals surface area contributed by atoms with Gasteiger partial charge in [-0.2, -0.15) is 0 Å². The van der Waals surface area contributed by atoms with Crippen LogP contribution in [0.2, 0.25) is 0 Å². The average molecular weight is 506 g/mol. The van der Waals surface area contributed by atoms with Crippen molar-refractivity contribution in [2.75, 3.05) is 13.7 Å². The van der Waals surface area contributed by atoms with E-state index in [4.69, 9.17) is 4.74 Å². The number of esters is 1. The number of hydrogen-bond donors (Lipinski definition) is 2. The van der Waals surface area contributed by atoms with Gasteiger partial charge in [0.2, 0.25) is 11.8 Å². The fourth-order valence-electron chi connectivity index (χ4n) is 3.64. The fourth-order valence-corrected chi connectivity index (χ4v) is 3.64. The van der Waals surface area contributed by atoms with Gasteiger partial charge in [-0.3, -0.25) is 14.4 Å². The zero-order valence-electron chi connectivity index (χ0n) is 23.1. The summed E-state index contributed by atoms with van der Waals surface area (Å²) in [5, 5.41) is 5.32. The summed E-state index contributed by atoms with van der Waals surface area (Å²) in [5.74, 6) is -1.47. The predicted octanol–water partition coefficient (Wildman–Crippen LogP) is 3.97. The zero-order valence-corrected chi connectivity index (χ0v) is 23.1. The Balaban J connectivity index is 3.55. The molecule has 0 aliphatic rings. The van der Waals surface area contributed by atoms with E-state index in [2.05, 4.69) is 15.4 Å². The second kappa shape index (κ2) is 13.3. The van der Waals surface area contributed by atoms with Crippen molar-refractivity contribution in [1.82, 2.24) is 15.5 Å². The molecule has 1 aromatic rings. The Morgan fingerprint density at radius 1 is 1.00 bits per heavy atom. The molecule has 202 valence electrons. The van der Waals surface area contributed by atoms with Crippen molar-refractivity contribution >= 4 is 23.9 Å². The lowest BCUT2D eigenvalue weighted by Gasteiger charge is -2.44. The summed E-state index contributed by atoms with van der Waals surface area (Å²) in [6, 6.07) is 6.92. The summed E-state index contributed by atoms with van der Waals surface area (Å²) in [6.45, 7) is 14.5. The summed E-state index contributed by atoms with van der Waals surface area (Å²) in [4.78, 5) is 53.6. The van der Waals surface area contributed by atoms with Crippen molar-refractivity contribution in [3.8, 4) is 0 Å². The van der Waals surface area contributed by atoms with Crippen LogP contribution in [0.3, 0.4) is 0 Å². The summed E-state index contributed by atoms with van der Waals surface area (Å²) >= 11 is 0. The number of amides is 3. The number of methoxy groups -OCH3 is 1. The SMILES string of the molecule is CCC(C)(C)N(C(=O)C(CC(C)C)NC(=O)OC(C)(C)C)C(C(=O)NCC(=O)OC)c1ccccc1. The van der Waals surface area contributed by atoms with Gasteiger partial charge in [0, 0.05) is 5.54 Å². The maximum absolute atomic E-state index is 14.2. The Morgan fingerprint density at radius 2 is 1.58 bits per heavy atom. The summed E-state index contributed by atoms with van der Waals surface area (Å²) in [5.41, 5.74) is -0.932. The minimum Gasteiger partial charge on any atom is -0.468 e. The molecule has 9 heteroatoms. The number of hydrogen-bond acceptors (Lipinski definition) is 6. The van der Waals surface area contributed by atoms with Crippen LogP contribution in [-0.2, 0) is 23.9 Å². The Labute approximate surface area is 215 Å². The first-order valence-corrected chi connectivity index (χ1v) is 12.3. The van der Waals surface area contributed by atoms with Crippen molar-refractivity contribution < 1.29 is 28.7 Å². The Morgan fingerprint density at radius 3 is 2.06 bits per heavy atom. The monoisotopic (exact) mass is 505 g/mol. The lowest BCUT2D eigenvalue weighted by molar-refractivity contribution is -0.150. The molecule has 0 spiro atoms. The predicted molar refractivity (Wildman–Crippen MR) is 138 cm³/mol.